The number of pyridine rings is 1. The van der Waals surface area contributed by atoms with Gasteiger partial charge in [0.15, 0.2) is 0 Å². The molecule has 2 aromatic heterocycles. The van der Waals surface area contributed by atoms with Crippen LogP contribution in [0.1, 0.15) is 0 Å². The zero-order valence-electron chi connectivity index (χ0n) is 10.6. The quantitative estimate of drug-likeness (QED) is 0.417. The van der Waals surface area contributed by atoms with E-state index in [-0.39, 0.29) is 5.69 Å². The number of H-pyrrole nitrogens is 1. The van der Waals surface area contributed by atoms with Crippen molar-refractivity contribution in [3.8, 4) is 0 Å². The maximum absolute atomic E-state index is 10.9. The van der Waals surface area contributed by atoms with Crippen LogP contribution < -0.4 is 0 Å². The summed E-state index contributed by atoms with van der Waals surface area (Å²) in [5, 5.41) is 13.7. The third kappa shape index (κ3) is 1.68. The van der Waals surface area contributed by atoms with Gasteiger partial charge in [-0.2, -0.15) is 0 Å². The Morgan fingerprint density at radius 3 is 2.76 bits per heavy atom. The molecule has 0 aliphatic carbocycles. The molecule has 0 unspecified atom stereocenters. The summed E-state index contributed by atoms with van der Waals surface area (Å²) >= 11 is 6.49. The first kappa shape index (κ1) is 12.1. The predicted molar refractivity (Wildman–Crippen MR) is 82.8 cm³/mol. The largest absolute Gasteiger partial charge is 0.339 e. The number of nitro benzene ring substituents is 1. The van der Waals surface area contributed by atoms with Crippen LogP contribution in [0.5, 0.6) is 0 Å². The summed E-state index contributed by atoms with van der Waals surface area (Å²) in [6, 6.07) is 12.3. The van der Waals surface area contributed by atoms with E-state index >= 15 is 0 Å². The molecule has 6 heteroatoms. The Hall–Kier alpha value is -2.66. The van der Waals surface area contributed by atoms with E-state index in [1.165, 1.54) is 12.1 Å². The van der Waals surface area contributed by atoms with E-state index in [4.69, 9.17) is 11.6 Å². The number of nitro groups is 1. The van der Waals surface area contributed by atoms with E-state index in [9.17, 15) is 10.1 Å². The normalized spacial score (nSPS) is 11.5. The Labute approximate surface area is 123 Å². The molecule has 1 N–H and O–H groups in total. The fourth-order valence-corrected chi connectivity index (χ4v) is 2.94. The van der Waals surface area contributed by atoms with Gasteiger partial charge in [0.1, 0.15) is 5.65 Å². The van der Waals surface area contributed by atoms with Crippen molar-refractivity contribution in [2.24, 2.45) is 0 Å². The summed E-state index contributed by atoms with van der Waals surface area (Å²) in [5.41, 5.74) is 2.25. The van der Waals surface area contributed by atoms with Crippen molar-refractivity contribution in [3.63, 3.8) is 0 Å². The molecule has 5 nitrogen and oxygen atoms in total. The van der Waals surface area contributed by atoms with Gasteiger partial charge in [0.2, 0.25) is 0 Å². The van der Waals surface area contributed by atoms with Gasteiger partial charge >= 0.3 is 0 Å². The van der Waals surface area contributed by atoms with Gasteiger partial charge in [0.25, 0.3) is 5.69 Å². The maximum atomic E-state index is 10.9. The Balaban J connectivity index is 2.21. The molecule has 0 fully saturated rings. The third-order valence-corrected chi connectivity index (χ3v) is 3.96. The molecule has 2 heterocycles. The van der Waals surface area contributed by atoms with Crippen LogP contribution in [0.3, 0.4) is 0 Å². The average molecular weight is 298 g/mol. The molecule has 0 saturated carbocycles. The van der Waals surface area contributed by atoms with Crippen LogP contribution >= 0.6 is 11.6 Å². The zero-order valence-corrected chi connectivity index (χ0v) is 11.4. The van der Waals surface area contributed by atoms with E-state index in [0.29, 0.717) is 21.6 Å². The number of aromatic nitrogens is 2. The fourth-order valence-electron chi connectivity index (χ4n) is 2.60. The van der Waals surface area contributed by atoms with Crippen LogP contribution in [0.15, 0.2) is 42.5 Å². The number of nitrogens with one attached hydrogen (secondary N) is 1. The first-order chi connectivity index (χ1) is 10.1. The molecule has 0 amide bonds. The summed E-state index contributed by atoms with van der Waals surface area (Å²) in [7, 11) is 0. The lowest BCUT2D eigenvalue weighted by Gasteiger charge is -2.02. The molecular formula is C15H8ClN3O2. The average Bonchev–Trinajstić information content (AvgIpc) is 2.85. The lowest BCUT2D eigenvalue weighted by Crippen LogP contribution is -1.89. The van der Waals surface area contributed by atoms with Gasteiger partial charge in [-0.05, 0) is 12.1 Å². The summed E-state index contributed by atoms with van der Waals surface area (Å²) < 4.78 is 0. The number of rotatable bonds is 1. The van der Waals surface area contributed by atoms with Crippen molar-refractivity contribution in [1.82, 2.24) is 9.97 Å². The molecule has 102 valence electrons. The highest BCUT2D eigenvalue weighted by molar-refractivity contribution is 6.42. The molecule has 2 aromatic carbocycles. The number of non-ortho nitro benzene ring substituents is 1. The monoisotopic (exact) mass is 297 g/mol. The van der Waals surface area contributed by atoms with Crippen molar-refractivity contribution in [1.29, 1.82) is 0 Å². The van der Waals surface area contributed by atoms with E-state index in [1.807, 2.05) is 24.3 Å². The Morgan fingerprint density at radius 2 is 1.95 bits per heavy atom. The Bertz CT molecular complexity index is 1040. The van der Waals surface area contributed by atoms with Crippen LogP contribution in [-0.2, 0) is 0 Å². The highest BCUT2D eigenvalue weighted by Crippen LogP contribution is 2.36. The lowest BCUT2D eigenvalue weighted by atomic mass is 10.1. The van der Waals surface area contributed by atoms with Crippen LogP contribution in [0, 0.1) is 10.1 Å². The van der Waals surface area contributed by atoms with Gasteiger partial charge in [-0.25, -0.2) is 4.98 Å². The second kappa shape index (κ2) is 4.17. The van der Waals surface area contributed by atoms with E-state index in [1.54, 1.807) is 6.07 Å². The first-order valence-corrected chi connectivity index (χ1v) is 6.67. The van der Waals surface area contributed by atoms with Gasteiger partial charge in [0, 0.05) is 33.8 Å². The highest BCUT2D eigenvalue weighted by Gasteiger charge is 2.15. The molecule has 0 aliphatic heterocycles. The predicted octanol–water partition coefficient (Wildman–Crippen LogP) is 4.43. The molecule has 0 atom stereocenters. The minimum absolute atomic E-state index is 0.00499. The molecule has 0 radical (unpaired) electrons. The Morgan fingerprint density at radius 1 is 1.14 bits per heavy atom. The summed E-state index contributed by atoms with van der Waals surface area (Å²) in [4.78, 5) is 18.2. The van der Waals surface area contributed by atoms with E-state index in [0.717, 1.165) is 16.3 Å². The molecule has 0 spiro atoms. The molecule has 0 bridgehead atoms. The second-order valence-corrected chi connectivity index (χ2v) is 5.16. The first-order valence-electron chi connectivity index (χ1n) is 6.29. The number of para-hydroxylation sites is 1. The van der Waals surface area contributed by atoms with E-state index in [2.05, 4.69) is 9.97 Å². The number of nitrogens with zero attached hydrogens (tertiary/aromatic N) is 2. The molecule has 4 rings (SSSR count). The summed E-state index contributed by atoms with van der Waals surface area (Å²) in [6.07, 6.45) is 0. The standard InChI is InChI=1S/C15H8ClN3O2/c16-14-10-7-8(19(20)21)5-6-12(10)18-15-13(14)9-3-1-2-4-11(9)17-15/h1-7H,(H,17,18). The molecule has 4 aromatic rings. The molecular weight excluding hydrogens is 290 g/mol. The SMILES string of the molecule is O=[N+]([O-])c1ccc2nc3[nH]c4ccccc4c3c(Cl)c2c1. The lowest BCUT2D eigenvalue weighted by molar-refractivity contribution is -0.384. The van der Waals surface area contributed by atoms with Crippen LogP contribution in [0.4, 0.5) is 5.69 Å². The van der Waals surface area contributed by atoms with Gasteiger partial charge in [-0.3, -0.25) is 10.1 Å². The van der Waals surface area contributed by atoms with E-state index < -0.39 is 4.92 Å². The molecule has 0 saturated heterocycles. The highest BCUT2D eigenvalue weighted by atomic mass is 35.5. The maximum Gasteiger partial charge on any atom is 0.270 e. The smallest absolute Gasteiger partial charge is 0.270 e. The van der Waals surface area contributed by atoms with Gasteiger partial charge < -0.3 is 4.98 Å². The number of halogens is 1. The van der Waals surface area contributed by atoms with Gasteiger partial charge in [-0.15, -0.1) is 0 Å². The van der Waals surface area contributed by atoms with Crippen molar-refractivity contribution in [2.75, 3.05) is 0 Å². The summed E-state index contributed by atoms with van der Waals surface area (Å²) in [5.74, 6) is 0. The fraction of sp³-hybridized carbons (Fsp3) is 0. The number of benzene rings is 2. The summed E-state index contributed by atoms with van der Waals surface area (Å²) in [6.45, 7) is 0. The molecule has 0 aliphatic rings. The van der Waals surface area contributed by atoms with Gasteiger partial charge in [0.05, 0.1) is 15.5 Å². The number of hydrogen-bond donors (Lipinski definition) is 1. The molecule has 21 heavy (non-hydrogen) atoms. The van der Waals surface area contributed by atoms with Crippen molar-refractivity contribution in [3.05, 3.63) is 57.6 Å². The van der Waals surface area contributed by atoms with Gasteiger partial charge in [-0.1, -0.05) is 29.8 Å². The van der Waals surface area contributed by atoms with Crippen LogP contribution in [-0.4, -0.2) is 14.9 Å². The van der Waals surface area contributed by atoms with Crippen molar-refractivity contribution in [2.45, 2.75) is 0 Å². The topological polar surface area (TPSA) is 71.8 Å². The van der Waals surface area contributed by atoms with Crippen molar-refractivity contribution < 1.29 is 4.92 Å². The minimum atomic E-state index is -0.435. The van der Waals surface area contributed by atoms with Crippen LogP contribution in [0.25, 0.3) is 32.8 Å². The van der Waals surface area contributed by atoms with Crippen LogP contribution in [0.2, 0.25) is 5.02 Å². The second-order valence-electron chi connectivity index (χ2n) is 4.78. The zero-order chi connectivity index (χ0) is 14.6. The number of hydrogen-bond acceptors (Lipinski definition) is 3. The number of fused-ring (bicyclic) bond motifs is 4. The third-order valence-electron chi connectivity index (χ3n) is 3.57. The number of aromatic amines is 1. The minimum Gasteiger partial charge on any atom is -0.339 e. The van der Waals surface area contributed by atoms with Crippen molar-refractivity contribution >= 4 is 50.1 Å². The Kier molecular flexibility index (Phi) is 2.40.